The van der Waals surface area contributed by atoms with E-state index < -0.39 is 5.54 Å². The number of carbonyl (C=O) groups excluding carboxylic acids is 1. The second-order valence-corrected chi connectivity index (χ2v) is 5.16. The normalized spacial score (nSPS) is 11.1. The van der Waals surface area contributed by atoms with Crippen LogP contribution in [0.15, 0.2) is 24.3 Å². The van der Waals surface area contributed by atoms with Crippen molar-refractivity contribution in [3.63, 3.8) is 0 Å². The lowest BCUT2D eigenvalue weighted by atomic mass is 10.0. The minimum Gasteiger partial charge on any atom is -0.389 e. The Balaban J connectivity index is 2.84. The summed E-state index contributed by atoms with van der Waals surface area (Å²) in [5.74, 6) is -0.171. The summed E-state index contributed by atoms with van der Waals surface area (Å²) in [4.78, 5) is 12.3. The third-order valence-electron chi connectivity index (χ3n) is 2.37. The highest BCUT2D eigenvalue weighted by molar-refractivity contribution is 7.80. The van der Waals surface area contributed by atoms with Crippen molar-refractivity contribution in [2.45, 2.75) is 19.4 Å². The van der Waals surface area contributed by atoms with Crippen LogP contribution in [0, 0.1) is 0 Å². The molecule has 0 saturated carbocycles. The summed E-state index contributed by atoms with van der Waals surface area (Å²) in [5.41, 5.74) is 6.33. The Morgan fingerprint density at radius 1 is 1.44 bits per heavy atom. The molecule has 1 aromatic carbocycles. The number of ether oxygens (including phenoxy) is 1. The molecule has 0 unspecified atom stereocenters. The highest BCUT2D eigenvalue weighted by atomic mass is 32.1. The summed E-state index contributed by atoms with van der Waals surface area (Å²) in [5, 5.41) is 2.89. The van der Waals surface area contributed by atoms with E-state index in [2.05, 4.69) is 5.32 Å². The van der Waals surface area contributed by atoms with E-state index >= 15 is 0 Å². The van der Waals surface area contributed by atoms with Crippen LogP contribution in [0.3, 0.4) is 0 Å². The van der Waals surface area contributed by atoms with Crippen LogP contribution in [0.25, 0.3) is 0 Å². The van der Waals surface area contributed by atoms with Crippen molar-refractivity contribution < 1.29 is 9.53 Å². The summed E-state index contributed by atoms with van der Waals surface area (Å²) < 4.78 is 5.05. The van der Waals surface area contributed by atoms with E-state index in [9.17, 15) is 4.79 Å². The molecule has 0 atom stereocenters. The number of hydrogen-bond donors (Lipinski definition) is 2. The molecule has 3 N–H and O–H groups in total. The van der Waals surface area contributed by atoms with E-state index in [1.165, 1.54) is 0 Å². The maximum Gasteiger partial charge on any atom is 0.251 e. The first-order valence-corrected chi connectivity index (χ1v) is 5.98. The molecule has 0 spiro atoms. The van der Waals surface area contributed by atoms with E-state index in [0.29, 0.717) is 17.7 Å². The monoisotopic (exact) mass is 266 g/mol. The second-order valence-electron chi connectivity index (χ2n) is 4.72. The molecule has 0 heterocycles. The Bertz CT molecular complexity index is 458. The van der Waals surface area contributed by atoms with Gasteiger partial charge in [0.2, 0.25) is 0 Å². The van der Waals surface area contributed by atoms with Gasteiger partial charge >= 0.3 is 0 Å². The first-order chi connectivity index (χ1) is 8.35. The second kappa shape index (κ2) is 5.93. The van der Waals surface area contributed by atoms with Gasteiger partial charge < -0.3 is 15.8 Å². The van der Waals surface area contributed by atoms with Crippen molar-refractivity contribution in [2.75, 3.05) is 13.7 Å². The predicted molar refractivity (Wildman–Crippen MR) is 75.8 cm³/mol. The molecule has 1 aromatic rings. The fraction of sp³-hybridized carbons (Fsp3) is 0.385. The lowest BCUT2D eigenvalue weighted by Crippen LogP contribution is -2.46. The highest BCUT2D eigenvalue weighted by Gasteiger charge is 2.21. The molecule has 0 fully saturated rings. The standard InChI is InChI=1S/C13H18N2O2S/c1-13(2,8-17-3)15-12(16)10-6-4-5-9(7-10)11(14)18/h4-7H,8H2,1-3H3,(H2,14,18)(H,15,16). The smallest absolute Gasteiger partial charge is 0.251 e. The summed E-state index contributed by atoms with van der Waals surface area (Å²) in [6.45, 7) is 4.23. The molecule has 0 aliphatic carbocycles. The van der Waals surface area contributed by atoms with E-state index in [1.807, 2.05) is 13.8 Å². The fourth-order valence-electron chi connectivity index (χ4n) is 1.59. The third kappa shape index (κ3) is 4.09. The van der Waals surface area contributed by atoms with E-state index in [0.717, 1.165) is 0 Å². The molecular formula is C13H18N2O2S. The topological polar surface area (TPSA) is 64.3 Å². The van der Waals surface area contributed by atoms with Gasteiger partial charge in [-0.25, -0.2) is 0 Å². The maximum absolute atomic E-state index is 12.1. The van der Waals surface area contributed by atoms with Crippen molar-refractivity contribution in [3.05, 3.63) is 35.4 Å². The van der Waals surface area contributed by atoms with Crippen molar-refractivity contribution >= 4 is 23.1 Å². The van der Waals surface area contributed by atoms with Gasteiger partial charge in [0.15, 0.2) is 0 Å². The number of benzene rings is 1. The lowest BCUT2D eigenvalue weighted by molar-refractivity contribution is 0.0820. The molecule has 0 radical (unpaired) electrons. The highest BCUT2D eigenvalue weighted by Crippen LogP contribution is 2.08. The fourth-order valence-corrected chi connectivity index (χ4v) is 1.72. The van der Waals surface area contributed by atoms with E-state index in [-0.39, 0.29) is 10.9 Å². The van der Waals surface area contributed by atoms with Gasteiger partial charge in [-0.05, 0) is 26.0 Å². The largest absolute Gasteiger partial charge is 0.389 e. The van der Waals surface area contributed by atoms with Crippen LogP contribution in [0.2, 0.25) is 0 Å². The van der Waals surface area contributed by atoms with Gasteiger partial charge in [0.25, 0.3) is 5.91 Å². The molecule has 0 bridgehead atoms. The van der Waals surface area contributed by atoms with Crippen LogP contribution in [0.1, 0.15) is 29.8 Å². The minimum absolute atomic E-state index is 0.171. The van der Waals surface area contributed by atoms with Gasteiger partial charge in [-0.3, -0.25) is 4.79 Å². The average molecular weight is 266 g/mol. The molecule has 0 aliphatic rings. The van der Waals surface area contributed by atoms with Gasteiger partial charge in [0.05, 0.1) is 12.1 Å². The molecule has 18 heavy (non-hydrogen) atoms. The number of nitrogens with one attached hydrogen (secondary N) is 1. The van der Waals surface area contributed by atoms with Crippen LogP contribution in [0.4, 0.5) is 0 Å². The van der Waals surface area contributed by atoms with E-state index in [1.54, 1.807) is 31.4 Å². The summed E-state index contributed by atoms with van der Waals surface area (Å²) >= 11 is 4.89. The summed E-state index contributed by atoms with van der Waals surface area (Å²) in [7, 11) is 1.60. The van der Waals surface area contributed by atoms with Crippen molar-refractivity contribution in [1.29, 1.82) is 0 Å². The molecule has 0 saturated heterocycles. The molecular weight excluding hydrogens is 248 g/mol. The van der Waals surface area contributed by atoms with Crippen LogP contribution in [-0.2, 0) is 4.74 Å². The van der Waals surface area contributed by atoms with Crippen LogP contribution in [0.5, 0.6) is 0 Å². The zero-order chi connectivity index (χ0) is 13.8. The van der Waals surface area contributed by atoms with Crippen molar-refractivity contribution in [2.24, 2.45) is 5.73 Å². The van der Waals surface area contributed by atoms with Gasteiger partial charge in [0, 0.05) is 18.2 Å². The summed E-state index contributed by atoms with van der Waals surface area (Å²) in [6.07, 6.45) is 0. The first-order valence-electron chi connectivity index (χ1n) is 5.57. The Hall–Kier alpha value is -1.46. The number of carbonyl (C=O) groups is 1. The predicted octanol–water partition coefficient (Wildman–Crippen LogP) is 1.48. The Morgan fingerprint density at radius 3 is 2.61 bits per heavy atom. The van der Waals surface area contributed by atoms with Crippen LogP contribution < -0.4 is 11.1 Å². The van der Waals surface area contributed by atoms with E-state index in [4.69, 9.17) is 22.7 Å². The Morgan fingerprint density at radius 2 is 2.06 bits per heavy atom. The number of thiocarbonyl (C=S) groups is 1. The van der Waals surface area contributed by atoms with Crippen LogP contribution >= 0.6 is 12.2 Å². The number of rotatable bonds is 5. The average Bonchev–Trinajstić information content (AvgIpc) is 2.28. The van der Waals surface area contributed by atoms with Gasteiger partial charge in [0.1, 0.15) is 4.99 Å². The maximum atomic E-state index is 12.1. The number of methoxy groups -OCH3 is 1. The molecule has 1 rings (SSSR count). The quantitative estimate of drug-likeness (QED) is 0.792. The third-order valence-corrected chi connectivity index (χ3v) is 2.60. The Labute approximate surface area is 113 Å². The Kier molecular flexibility index (Phi) is 4.81. The zero-order valence-corrected chi connectivity index (χ0v) is 11.6. The number of amides is 1. The molecule has 98 valence electrons. The van der Waals surface area contributed by atoms with Gasteiger partial charge in [-0.2, -0.15) is 0 Å². The minimum atomic E-state index is -0.426. The zero-order valence-electron chi connectivity index (χ0n) is 10.8. The first kappa shape index (κ1) is 14.6. The van der Waals surface area contributed by atoms with Gasteiger partial charge in [-0.15, -0.1) is 0 Å². The molecule has 4 nitrogen and oxygen atoms in total. The molecule has 0 aliphatic heterocycles. The van der Waals surface area contributed by atoms with Crippen molar-refractivity contribution in [3.8, 4) is 0 Å². The summed E-state index contributed by atoms with van der Waals surface area (Å²) in [6, 6.07) is 6.94. The van der Waals surface area contributed by atoms with Crippen LogP contribution in [-0.4, -0.2) is 30.2 Å². The molecule has 1 amide bonds. The number of hydrogen-bond acceptors (Lipinski definition) is 3. The van der Waals surface area contributed by atoms with Gasteiger partial charge in [-0.1, -0.05) is 24.4 Å². The molecule has 0 aromatic heterocycles. The molecule has 5 heteroatoms. The number of nitrogens with two attached hydrogens (primary N) is 1. The van der Waals surface area contributed by atoms with Crippen molar-refractivity contribution in [1.82, 2.24) is 5.32 Å². The lowest BCUT2D eigenvalue weighted by Gasteiger charge is -2.25. The SMILES string of the molecule is COCC(C)(C)NC(=O)c1cccc(C(N)=S)c1.